The van der Waals surface area contributed by atoms with Crippen LogP contribution in [0.15, 0.2) is 24.4 Å². The molecule has 1 aliphatic heterocycles. The Balaban J connectivity index is 2.26. The van der Waals surface area contributed by atoms with Crippen LogP contribution in [-0.2, 0) is 6.54 Å². The van der Waals surface area contributed by atoms with Crippen LogP contribution >= 0.6 is 0 Å². The van der Waals surface area contributed by atoms with E-state index in [4.69, 9.17) is 12.6 Å². The lowest BCUT2D eigenvalue weighted by molar-refractivity contribution is 0.206. The largest absolute Gasteiger partial charge is 0.488 e. The predicted molar refractivity (Wildman–Crippen MR) is 67.9 cm³/mol. The normalized spacial score (nSPS) is 17.9. The lowest BCUT2D eigenvalue weighted by Crippen LogP contribution is -2.17. The van der Waals surface area contributed by atoms with E-state index in [2.05, 4.69) is 16.5 Å². The molecule has 0 bridgehead atoms. The van der Waals surface area contributed by atoms with E-state index in [9.17, 15) is 0 Å². The molecule has 84 valence electrons. The van der Waals surface area contributed by atoms with Crippen molar-refractivity contribution in [1.29, 1.82) is 0 Å². The van der Waals surface area contributed by atoms with Gasteiger partial charge in [-0.1, -0.05) is 17.6 Å². The molecule has 0 aliphatic carbocycles. The Morgan fingerprint density at radius 3 is 3.12 bits per heavy atom. The van der Waals surface area contributed by atoms with Crippen molar-refractivity contribution in [1.82, 2.24) is 9.55 Å². The van der Waals surface area contributed by atoms with Crippen LogP contribution in [-0.4, -0.2) is 23.5 Å². The SMILES string of the molecule is [B]c1ccc2c(c1)-c1nc(C)cn1CC(C)O2. The lowest BCUT2D eigenvalue weighted by Gasteiger charge is -2.12. The van der Waals surface area contributed by atoms with Gasteiger partial charge >= 0.3 is 0 Å². The van der Waals surface area contributed by atoms with E-state index in [0.717, 1.165) is 34.8 Å². The molecule has 3 nitrogen and oxygen atoms in total. The third-order valence-corrected chi connectivity index (χ3v) is 2.92. The summed E-state index contributed by atoms with van der Waals surface area (Å²) in [6, 6.07) is 5.70. The molecule has 2 heterocycles. The monoisotopic (exact) mass is 224 g/mol. The van der Waals surface area contributed by atoms with Gasteiger partial charge in [0.05, 0.1) is 17.8 Å². The minimum absolute atomic E-state index is 0.132. The molecular weight excluding hydrogens is 211 g/mol. The maximum Gasteiger partial charge on any atom is 0.144 e. The van der Waals surface area contributed by atoms with Crippen LogP contribution in [0.5, 0.6) is 5.75 Å². The summed E-state index contributed by atoms with van der Waals surface area (Å²) in [7, 11) is 5.84. The molecule has 1 atom stereocenters. The topological polar surface area (TPSA) is 27.1 Å². The van der Waals surface area contributed by atoms with Crippen LogP contribution < -0.4 is 10.2 Å². The van der Waals surface area contributed by atoms with E-state index in [0.29, 0.717) is 0 Å². The maximum absolute atomic E-state index is 5.88. The molecule has 0 saturated heterocycles. The van der Waals surface area contributed by atoms with Crippen molar-refractivity contribution in [2.24, 2.45) is 0 Å². The summed E-state index contributed by atoms with van der Waals surface area (Å²) in [5.41, 5.74) is 2.72. The fraction of sp³-hybridized carbons (Fsp3) is 0.308. The Bertz CT molecular complexity index is 577. The maximum atomic E-state index is 5.88. The first-order chi connectivity index (χ1) is 8.13. The first-order valence-corrected chi connectivity index (χ1v) is 5.74. The highest BCUT2D eigenvalue weighted by Gasteiger charge is 2.20. The van der Waals surface area contributed by atoms with Crippen LogP contribution in [0.1, 0.15) is 12.6 Å². The molecule has 0 spiro atoms. The molecule has 3 rings (SSSR count). The highest BCUT2D eigenvalue weighted by molar-refractivity contribution is 6.32. The highest BCUT2D eigenvalue weighted by atomic mass is 16.5. The Labute approximate surface area is 102 Å². The van der Waals surface area contributed by atoms with E-state index in [1.54, 1.807) is 0 Å². The zero-order valence-electron chi connectivity index (χ0n) is 9.97. The average Bonchev–Trinajstić information content (AvgIpc) is 2.56. The number of aromatic nitrogens is 2. The van der Waals surface area contributed by atoms with Crippen molar-refractivity contribution in [3.05, 3.63) is 30.1 Å². The Kier molecular flexibility index (Phi) is 2.25. The first-order valence-electron chi connectivity index (χ1n) is 5.74. The van der Waals surface area contributed by atoms with Crippen LogP contribution in [0, 0.1) is 6.92 Å². The zero-order chi connectivity index (χ0) is 12.0. The summed E-state index contributed by atoms with van der Waals surface area (Å²) in [5.74, 6) is 1.80. The standard InChI is InChI=1S/C13H13BN2O/c1-8-6-16-7-9(2)17-12-4-3-10(14)5-11(12)13(16)15-8/h3-6,9H,7H2,1-2H3. The highest BCUT2D eigenvalue weighted by Crippen LogP contribution is 2.32. The molecule has 0 saturated carbocycles. The van der Waals surface area contributed by atoms with E-state index < -0.39 is 0 Å². The fourth-order valence-electron chi connectivity index (χ4n) is 2.26. The van der Waals surface area contributed by atoms with Crippen LogP contribution in [0.25, 0.3) is 11.4 Å². The molecule has 0 amide bonds. The zero-order valence-corrected chi connectivity index (χ0v) is 9.97. The average molecular weight is 224 g/mol. The van der Waals surface area contributed by atoms with Gasteiger partial charge in [0.1, 0.15) is 25.5 Å². The molecule has 4 heteroatoms. The van der Waals surface area contributed by atoms with E-state index in [1.165, 1.54) is 0 Å². The number of hydrogen-bond acceptors (Lipinski definition) is 2. The Morgan fingerprint density at radius 1 is 1.47 bits per heavy atom. The quantitative estimate of drug-likeness (QED) is 0.633. The molecule has 0 fully saturated rings. The number of rotatable bonds is 0. The summed E-state index contributed by atoms with van der Waals surface area (Å²) in [4.78, 5) is 4.56. The summed E-state index contributed by atoms with van der Waals surface area (Å²) in [6.07, 6.45) is 2.18. The minimum atomic E-state index is 0.132. The Hall–Kier alpha value is -1.71. The van der Waals surface area contributed by atoms with Crippen molar-refractivity contribution >= 4 is 13.3 Å². The predicted octanol–water partition coefficient (Wildman–Crippen LogP) is 1.43. The summed E-state index contributed by atoms with van der Waals surface area (Å²) >= 11 is 0. The molecule has 2 aromatic rings. The van der Waals surface area contributed by atoms with Gasteiger partial charge in [-0.3, -0.25) is 0 Å². The van der Waals surface area contributed by atoms with E-state index >= 15 is 0 Å². The number of fused-ring (bicyclic) bond motifs is 3. The molecule has 1 aromatic heterocycles. The summed E-state index contributed by atoms with van der Waals surface area (Å²) in [5, 5.41) is 0. The molecule has 2 radical (unpaired) electrons. The van der Waals surface area contributed by atoms with Crippen molar-refractivity contribution in [3.63, 3.8) is 0 Å². The van der Waals surface area contributed by atoms with Crippen molar-refractivity contribution < 1.29 is 4.74 Å². The van der Waals surface area contributed by atoms with Crippen LogP contribution in [0.4, 0.5) is 0 Å². The molecule has 0 N–H and O–H groups in total. The molecular formula is C13H13BN2O. The van der Waals surface area contributed by atoms with Crippen molar-refractivity contribution in [2.45, 2.75) is 26.5 Å². The number of nitrogens with zero attached hydrogens (tertiary/aromatic N) is 2. The third kappa shape index (κ3) is 1.73. The first kappa shape index (κ1) is 10.4. The number of hydrogen-bond donors (Lipinski definition) is 0. The van der Waals surface area contributed by atoms with E-state index in [-0.39, 0.29) is 6.10 Å². The lowest BCUT2D eigenvalue weighted by atomic mass is 9.94. The van der Waals surface area contributed by atoms with Gasteiger partial charge in [-0.05, 0) is 19.9 Å². The third-order valence-electron chi connectivity index (χ3n) is 2.92. The molecule has 1 aliphatic rings. The fourth-order valence-corrected chi connectivity index (χ4v) is 2.26. The van der Waals surface area contributed by atoms with Gasteiger partial charge in [-0.2, -0.15) is 0 Å². The second kappa shape index (κ2) is 3.65. The molecule has 1 unspecified atom stereocenters. The number of ether oxygens (including phenoxy) is 1. The van der Waals surface area contributed by atoms with Gasteiger partial charge < -0.3 is 9.30 Å². The minimum Gasteiger partial charge on any atom is -0.488 e. The Morgan fingerprint density at radius 2 is 2.29 bits per heavy atom. The van der Waals surface area contributed by atoms with Gasteiger partial charge in [-0.25, -0.2) is 4.98 Å². The summed E-state index contributed by atoms with van der Waals surface area (Å²) < 4.78 is 8.01. The second-order valence-corrected chi connectivity index (χ2v) is 4.54. The van der Waals surface area contributed by atoms with Crippen LogP contribution in [0.2, 0.25) is 0 Å². The van der Waals surface area contributed by atoms with Crippen LogP contribution in [0.3, 0.4) is 0 Å². The molecule has 17 heavy (non-hydrogen) atoms. The summed E-state index contributed by atoms with van der Waals surface area (Å²) in [6.45, 7) is 4.87. The van der Waals surface area contributed by atoms with Gasteiger partial charge in [-0.15, -0.1) is 0 Å². The van der Waals surface area contributed by atoms with Gasteiger partial charge in [0.15, 0.2) is 0 Å². The van der Waals surface area contributed by atoms with Gasteiger partial charge in [0, 0.05) is 6.20 Å². The smallest absolute Gasteiger partial charge is 0.144 e. The van der Waals surface area contributed by atoms with Gasteiger partial charge in [0.2, 0.25) is 0 Å². The number of benzene rings is 1. The van der Waals surface area contributed by atoms with Gasteiger partial charge in [0.25, 0.3) is 0 Å². The van der Waals surface area contributed by atoms with Crippen molar-refractivity contribution in [3.8, 4) is 17.1 Å². The number of imidazole rings is 1. The van der Waals surface area contributed by atoms with Crippen molar-refractivity contribution in [2.75, 3.05) is 0 Å². The number of aryl methyl sites for hydroxylation is 1. The molecule has 1 aromatic carbocycles. The second-order valence-electron chi connectivity index (χ2n) is 4.54. The van der Waals surface area contributed by atoms with E-state index in [1.807, 2.05) is 31.3 Å².